The second kappa shape index (κ2) is 13.8. The molecule has 1 unspecified atom stereocenters. The first kappa shape index (κ1) is 33.6. The SMILES string of the molecule is CCN(C(=O)OC(C)(C)C)C1CC[C@H](OC)Cn2c1nc(C(=O)NCc1ccc(F)cc1)c(OS(=O)(=O)c1ccccc1)c2=O. The summed E-state index contributed by atoms with van der Waals surface area (Å²) in [5, 5.41) is 2.61. The Hall–Kier alpha value is -4.30. The number of fused-ring (bicyclic) bond motifs is 1. The topological polar surface area (TPSA) is 146 Å². The number of ether oxygens (including phenoxy) is 2. The number of hydrogen-bond acceptors (Lipinski definition) is 9. The Morgan fingerprint density at radius 3 is 2.36 bits per heavy atom. The first-order chi connectivity index (χ1) is 21.2. The van der Waals surface area contributed by atoms with Crippen molar-refractivity contribution in [3.05, 3.63) is 87.9 Å². The van der Waals surface area contributed by atoms with Crippen molar-refractivity contribution in [1.29, 1.82) is 0 Å². The second-order valence-electron chi connectivity index (χ2n) is 11.4. The van der Waals surface area contributed by atoms with Gasteiger partial charge in [-0.25, -0.2) is 14.2 Å². The van der Waals surface area contributed by atoms with Gasteiger partial charge in [0.25, 0.3) is 11.5 Å². The number of amides is 2. The number of methoxy groups -OCH3 is 1. The zero-order chi connectivity index (χ0) is 32.9. The fraction of sp³-hybridized carbons (Fsp3) is 0.419. The number of carbonyl (C=O) groups is 2. The van der Waals surface area contributed by atoms with Gasteiger partial charge in [0.2, 0.25) is 5.75 Å². The molecule has 2 heterocycles. The van der Waals surface area contributed by atoms with Gasteiger partial charge in [0, 0.05) is 20.2 Å². The summed E-state index contributed by atoms with van der Waals surface area (Å²) in [6, 6.07) is 11.7. The highest BCUT2D eigenvalue weighted by Gasteiger charge is 2.37. The lowest BCUT2D eigenvalue weighted by Gasteiger charge is -2.32. The quantitative estimate of drug-likeness (QED) is 0.339. The lowest BCUT2D eigenvalue weighted by Crippen LogP contribution is -2.42. The second-order valence-corrected chi connectivity index (χ2v) is 13.0. The molecule has 242 valence electrons. The maximum Gasteiger partial charge on any atom is 0.410 e. The van der Waals surface area contributed by atoms with Crippen molar-refractivity contribution in [1.82, 2.24) is 19.8 Å². The van der Waals surface area contributed by atoms with E-state index < -0.39 is 62.7 Å². The van der Waals surface area contributed by atoms with E-state index in [1.54, 1.807) is 33.8 Å². The number of halogens is 1. The van der Waals surface area contributed by atoms with E-state index in [9.17, 15) is 27.2 Å². The molecule has 0 fully saturated rings. The van der Waals surface area contributed by atoms with Gasteiger partial charge in [-0.05, 0) is 70.4 Å². The first-order valence-corrected chi connectivity index (χ1v) is 15.8. The Bertz CT molecular complexity index is 1690. The zero-order valence-electron chi connectivity index (χ0n) is 25.8. The highest BCUT2D eigenvalue weighted by molar-refractivity contribution is 7.87. The molecular formula is C31H37FN4O8S. The fourth-order valence-corrected chi connectivity index (χ4v) is 5.84. The number of aromatic nitrogens is 2. The van der Waals surface area contributed by atoms with E-state index in [1.165, 1.54) is 65.1 Å². The van der Waals surface area contributed by atoms with E-state index in [2.05, 4.69) is 10.3 Å². The predicted octanol–water partition coefficient (Wildman–Crippen LogP) is 4.19. The van der Waals surface area contributed by atoms with Crippen molar-refractivity contribution >= 4 is 22.1 Å². The summed E-state index contributed by atoms with van der Waals surface area (Å²) in [6.07, 6.45) is -0.436. The van der Waals surface area contributed by atoms with E-state index in [1.807, 2.05) is 0 Å². The Kier molecular flexibility index (Phi) is 10.3. The fourth-order valence-electron chi connectivity index (χ4n) is 4.88. The molecule has 14 heteroatoms. The lowest BCUT2D eigenvalue weighted by atomic mass is 10.1. The minimum atomic E-state index is -4.58. The van der Waals surface area contributed by atoms with Crippen molar-refractivity contribution in [2.75, 3.05) is 13.7 Å². The average Bonchev–Trinajstić information content (AvgIpc) is 3.17. The van der Waals surface area contributed by atoms with Crippen LogP contribution in [0.5, 0.6) is 5.75 Å². The molecule has 1 N–H and O–H groups in total. The van der Waals surface area contributed by atoms with Gasteiger partial charge in [-0.2, -0.15) is 8.42 Å². The number of carbonyl (C=O) groups excluding carboxylic acids is 2. The van der Waals surface area contributed by atoms with E-state index in [0.717, 1.165) is 0 Å². The molecule has 1 aliphatic heterocycles. The van der Waals surface area contributed by atoms with Crippen LogP contribution in [0.15, 0.2) is 64.3 Å². The third kappa shape index (κ3) is 8.05. The normalized spacial score (nSPS) is 16.7. The molecule has 4 rings (SSSR count). The summed E-state index contributed by atoms with van der Waals surface area (Å²) in [5.74, 6) is -2.14. The van der Waals surface area contributed by atoms with Gasteiger partial charge in [-0.15, -0.1) is 0 Å². The van der Waals surface area contributed by atoms with Crippen LogP contribution < -0.4 is 15.1 Å². The van der Waals surface area contributed by atoms with E-state index >= 15 is 0 Å². The van der Waals surface area contributed by atoms with E-state index in [4.69, 9.17) is 13.7 Å². The van der Waals surface area contributed by atoms with Crippen LogP contribution in [0.4, 0.5) is 9.18 Å². The molecule has 0 aliphatic carbocycles. The van der Waals surface area contributed by atoms with E-state index in [0.29, 0.717) is 18.4 Å². The van der Waals surface area contributed by atoms with Gasteiger partial charge in [-0.3, -0.25) is 19.1 Å². The smallest absolute Gasteiger partial charge is 0.410 e. The van der Waals surface area contributed by atoms with Crippen LogP contribution in [0.3, 0.4) is 0 Å². The van der Waals surface area contributed by atoms with Crippen molar-refractivity contribution in [3.63, 3.8) is 0 Å². The van der Waals surface area contributed by atoms with Crippen molar-refractivity contribution < 1.29 is 36.1 Å². The Morgan fingerprint density at radius 1 is 1.09 bits per heavy atom. The van der Waals surface area contributed by atoms with Gasteiger partial charge < -0.3 is 19.0 Å². The third-order valence-corrected chi connectivity index (χ3v) is 8.32. The summed E-state index contributed by atoms with van der Waals surface area (Å²) in [7, 11) is -3.10. The molecule has 2 amide bonds. The molecule has 0 saturated heterocycles. The molecule has 12 nitrogen and oxygen atoms in total. The minimum Gasteiger partial charge on any atom is -0.444 e. The molecule has 0 radical (unpaired) electrons. The highest BCUT2D eigenvalue weighted by Crippen LogP contribution is 2.32. The van der Waals surface area contributed by atoms with Crippen LogP contribution in [-0.2, 0) is 32.7 Å². The number of benzene rings is 2. The molecule has 2 aromatic carbocycles. The molecule has 0 saturated carbocycles. The summed E-state index contributed by atoms with van der Waals surface area (Å²) in [5.41, 5.74) is -1.81. The van der Waals surface area contributed by atoms with Crippen LogP contribution in [0, 0.1) is 5.82 Å². The first-order valence-electron chi connectivity index (χ1n) is 14.4. The number of rotatable bonds is 9. The lowest BCUT2D eigenvalue weighted by molar-refractivity contribution is 0.0139. The largest absolute Gasteiger partial charge is 0.444 e. The van der Waals surface area contributed by atoms with Gasteiger partial charge in [0.1, 0.15) is 22.1 Å². The van der Waals surface area contributed by atoms with Gasteiger partial charge in [-0.1, -0.05) is 30.3 Å². The third-order valence-electron chi connectivity index (χ3n) is 7.09. The molecule has 45 heavy (non-hydrogen) atoms. The van der Waals surface area contributed by atoms with Gasteiger partial charge >= 0.3 is 16.2 Å². The zero-order valence-corrected chi connectivity index (χ0v) is 26.6. The van der Waals surface area contributed by atoms with Crippen molar-refractivity contribution in [2.24, 2.45) is 0 Å². The molecule has 1 aliphatic rings. The average molecular weight is 645 g/mol. The molecule has 3 aromatic rings. The van der Waals surface area contributed by atoms with Crippen LogP contribution in [0.25, 0.3) is 0 Å². The summed E-state index contributed by atoms with van der Waals surface area (Å²) in [6.45, 7) is 6.97. The monoisotopic (exact) mass is 644 g/mol. The maximum absolute atomic E-state index is 14.2. The molecular weight excluding hydrogens is 607 g/mol. The standard InChI is InChI=1S/C31H37FN4O8S/c1-6-35(30(39)43-31(2,3)4)24-17-16-22(42-5)19-36-27(24)34-25(28(37)33-18-20-12-14-21(32)15-13-20)26(29(36)38)44-45(40,41)23-10-8-7-9-11-23/h7-15,22,24H,6,16-19H2,1-5H3,(H,33,37)/t22-,24?/m0/s1. The molecule has 1 aromatic heterocycles. The van der Waals surface area contributed by atoms with Crippen LogP contribution in [0.1, 0.15) is 68.5 Å². The Morgan fingerprint density at radius 2 is 1.76 bits per heavy atom. The van der Waals surface area contributed by atoms with Gasteiger partial charge in [0.15, 0.2) is 5.69 Å². The van der Waals surface area contributed by atoms with Crippen LogP contribution in [0.2, 0.25) is 0 Å². The number of hydrogen-bond donors (Lipinski definition) is 1. The van der Waals surface area contributed by atoms with Crippen molar-refractivity contribution in [2.45, 2.75) is 76.3 Å². The summed E-state index contributed by atoms with van der Waals surface area (Å²) >= 11 is 0. The molecule has 2 atom stereocenters. The number of nitrogens with zero attached hydrogens (tertiary/aromatic N) is 3. The Labute approximate surface area is 261 Å². The van der Waals surface area contributed by atoms with Crippen LogP contribution >= 0.6 is 0 Å². The maximum atomic E-state index is 14.2. The van der Waals surface area contributed by atoms with Crippen LogP contribution in [-0.4, -0.2) is 60.2 Å². The minimum absolute atomic E-state index is 0.0424. The predicted molar refractivity (Wildman–Crippen MR) is 162 cm³/mol. The van der Waals surface area contributed by atoms with Gasteiger partial charge in [0.05, 0.1) is 18.7 Å². The molecule has 0 bridgehead atoms. The summed E-state index contributed by atoms with van der Waals surface area (Å²) < 4.78 is 57.7. The number of nitrogens with one attached hydrogen (secondary N) is 1. The van der Waals surface area contributed by atoms with Crippen molar-refractivity contribution in [3.8, 4) is 5.75 Å². The molecule has 0 spiro atoms. The Balaban J connectivity index is 1.87. The summed E-state index contributed by atoms with van der Waals surface area (Å²) in [4.78, 5) is 46.8. The van der Waals surface area contributed by atoms with E-state index in [-0.39, 0.29) is 30.4 Å². The highest BCUT2D eigenvalue weighted by atomic mass is 32.2.